The van der Waals surface area contributed by atoms with Gasteiger partial charge in [0.05, 0.1) is 14.2 Å². The SMILES string of the molecule is CCCN(C)C(=O)c1cc(C)cc(NC)c1.CCCN(C)C(=O)c1cc(NC)cc(C(C)(C)C)c1.CNC(=O)c1cc(NC)cc(C(C)(C)C)c1.CNC(=O)c1cc(NC)cc(OC)c1.CNc1cc(C(=O)N(C)C)cc(C(C)(C)C)c1.CNc1cc(F)cc(C(=O)N(C)C)c1.CNc1cc(OC)cc(C(=O)N(C)C)c1. The lowest BCUT2D eigenvalue weighted by molar-refractivity contribution is 0.0788. The quantitative estimate of drug-likeness (QED) is 0.0344. The van der Waals surface area contributed by atoms with E-state index < -0.39 is 5.82 Å². The summed E-state index contributed by atoms with van der Waals surface area (Å²) in [5.74, 6) is 0.707. The molecule has 7 aromatic carbocycles. The molecule has 7 aromatic rings. The Kier molecular flexibility index (Phi) is 41.6. The van der Waals surface area contributed by atoms with Gasteiger partial charge < -0.3 is 81.8 Å². The van der Waals surface area contributed by atoms with Crippen molar-refractivity contribution in [3.05, 3.63) is 194 Å². The van der Waals surface area contributed by atoms with E-state index >= 15 is 0 Å². The third-order valence-electron chi connectivity index (χ3n) is 16.9. The Labute approximate surface area is 663 Å². The van der Waals surface area contributed by atoms with Crippen molar-refractivity contribution in [1.29, 1.82) is 0 Å². The second-order valence-corrected chi connectivity index (χ2v) is 29.8. The number of hydrogen-bond donors (Lipinski definition) is 9. The van der Waals surface area contributed by atoms with E-state index in [-0.39, 0.29) is 57.6 Å². The number of benzene rings is 7. The highest BCUT2D eigenvalue weighted by Gasteiger charge is 2.22. The van der Waals surface area contributed by atoms with Gasteiger partial charge in [0, 0.05) is 224 Å². The summed E-state index contributed by atoms with van der Waals surface area (Å²) < 4.78 is 23.2. The van der Waals surface area contributed by atoms with Gasteiger partial charge in [-0.25, -0.2) is 4.39 Å². The highest BCUT2D eigenvalue weighted by Crippen LogP contribution is 2.31. The number of anilines is 7. The van der Waals surface area contributed by atoms with Crippen LogP contribution in [0.2, 0.25) is 0 Å². The first kappa shape index (κ1) is 98.0. The maximum atomic E-state index is 13.0. The number of carbonyl (C=O) groups excluding carboxylic acids is 7. The van der Waals surface area contributed by atoms with E-state index in [1.807, 2.05) is 116 Å². The number of halogens is 1. The molecule has 0 bridgehead atoms. The molecule has 7 amide bonds. The Morgan fingerprint density at radius 2 is 0.568 bits per heavy atom. The zero-order valence-corrected chi connectivity index (χ0v) is 72.2. The van der Waals surface area contributed by atoms with Crippen LogP contribution >= 0.6 is 0 Å². The third kappa shape index (κ3) is 33.4. The number of nitrogens with one attached hydrogen (secondary N) is 9. The zero-order chi connectivity index (χ0) is 85.0. The first-order valence-corrected chi connectivity index (χ1v) is 37.0. The Bertz CT molecular complexity index is 4110. The van der Waals surface area contributed by atoms with Gasteiger partial charge in [-0.15, -0.1) is 0 Å². The van der Waals surface area contributed by atoms with Gasteiger partial charge in [-0.1, -0.05) is 76.2 Å². The van der Waals surface area contributed by atoms with Crippen LogP contribution in [0.25, 0.3) is 0 Å². The molecule has 0 atom stereocenters. The zero-order valence-electron chi connectivity index (χ0n) is 72.2. The fourth-order valence-electron chi connectivity index (χ4n) is 10.3. The molecule has 0 saturated carbocycles. The minimum atomic E-state index is -0.415. The van der Waals surface area contributed by atoms with Crippen molar-refractivity contribution in [3.63, 3.8) is 0 Å². The molecule has 0 saturated heterocycles. The van der Waals surface area contributed by atoms with Gasteiger partial charge in [-0.05, 0) is 174 Å². The summed E-state index contributed by atoms with van der Waals surface area (Å²) in [5.41, 5.74) is 15.4. The van der Waals surface area contributed by atoms with Crippen molar-refractivity contribution in [2.75, 3.05) is 184 Å². The summed E-state index contributed by atoms with van der Waals surface area (Å²) in [6, 6.07) is 38.5. The highest BCUT2D eigenvalue weighted by molar-refractivity contribution is 5.99. The molecule has 0 spiro atoms. The van der Waals surface area contributed by atoms with E-state index in [1.165, 1.54) is 27.5 Å². The lowest BCUT2D eigenvalue weighted by atomic mass is 9.85. The first-order valence-electron chi connectivity index (χ1n) is 37.0. The Morgan fingerprint density at radius 1 is 0.324 bits per heavy atom. The number of nitrogens with zero attached hydrogens (tertiary/aromatic N) is 5. The molecule has 610 valence electrons. The Morgan fingerprint density at radius 3 is 0.856 bits per heavy atom. The van der Waals surface area contributed by atoms with E-state index in [0.29, 0.717) is 39.4 Å². The van der Waals surface area contributed by atoms with Gasteiger partial charge >= 0.3 is 0 Å². The molecule has 9 N–H and O–H groups in total. The van der Waals surface area contributed by atoms with Crippen molar-refractivity contribution < 1.29 is 47.4 Å². The second-order valence-electron chi connectivity index (χ2n) is 29.8. The normalized spacial score (nSPS) is 10.4. The predicted octanol–water partition coefficient (Wildman–Crippen LogP) is 15.2. The summed E-state index contributed by atoms with van der Waals surface area (Å²) in [6.07, 6.45) is 1.95. The van der Waals surface area contributed by atoms with E-state index in [0.717, 1.165) is 93.4 Å². The third-order valence-corrected chi connectivity index (χ3v) is 16.9. The summed E-state index contributed by atoms with van der Waals surface area (Å²) in [6.45, 7) is 27.0. The van der Waals surface area contributed by atoms with E-state index in [2.05, 4.69) is 142 Å². The van der Waals surface area contributed by atoms with Gasteiger partial charge in [0.2, 0.25) is 0 Å². The molecule has 0 radical (unpaired) electrons. The minimum Gasteiger partial charge on any atom is -0.497 e. The van der Waals surface area contributed by atoms with E-state index in [1.54, 1.807) is 137 Å². The molecule has 0 fully saturated rings. The number of rotatable bonds is 20. The van der Waals surface area contributed by atoms with Crippen LogP contribution in [-0.4, -0.2) is 213 Å². The maximum absolute atomic E-state index is 13.0. The van der Waals surface area contributed by atoms with Crippen molar-refractivity contribution >= 4 is 81.2 Å². The molecule has 0 aromatic heterocycles. The average molecular weight is 1540 g/mol. The molecule has 0 heterocycles. The number of amides is 7. The Hall–Kier alpha value is -11.0. The largest absolute Gasteiger partial charge is 0.497 e. The molecule has 0 unspecified atom stereocenters. The number of methoxy groups -OCH3 is 2. The standard InChI is InChI=1S/C16H26N2O.C14H22N2O.2C13H20N2O.C11H16N2O2.C10H13FN2O.C10H14N2O2/c1-7-8-18(6)15(19)12-9-13(16(2,3)4)11-14(10-12)17-5;1-14(2,3)11-7-10(13(17)16(5)6)8-12(9-11)15-4;1-13(2,3)10-6-9(12(16)15-5)7-11(8-10)14-4;1-5-6-15(4)13(16)11-7-10(2)8-12(9-11)14-3;1-12-9-5-8(11(14)13(2)3)6-10(7-9)15-4;1-12-9-5-7(4-8(11)6-9)10(14)13(2)3;1-11-8-4-7(10(13)12-2)5-9(6-8)14-3/h9-11,17H,7-8H2,1-6H3;7-9,15H,1-6H3;6-8,14H,1-5H3,(H,15,16);7-9,14H,5-6H2,1-4H3;5-7,12H,1-4H3;4-6,12H,1-3H3;4-6,11H,1-3H3,(H,12,13). The molecule has 23 nitrogen and oxygen atoms in total. The Balaban J connectivity index is 0.000000649. The molecular formula is C87H131FN14O9. The van der Waals surface area contributed by atoms with Gasteiger partial charge in [-0.2, -0.15) is 0 Å². The van der Waals surface area contributed by atoms with Crippen molar-refractivity contribution in [3.8, 4) is 11.5 Å². The number of ether oxygens (including phenoxy) is 2. The van der Waals surface area contributed by atoms with Crippen molar-refractivity contribution in [2.45, 2.75) is 112 Å². The van der Waals surface area contributed by atoms with Gasteiger partial charge in [0.1, 0.15) is 17.3 Å². The lowest BCUT2D eigenvalue weighted by Crippen LogP contribution is -2.28. The van der Waals surface area contributed by atoms with Crippen LogP contribution in [0.15, 0.2) is 127 Å². The first-order chi connectivity index (χ1) is 51.8. The van der Waals surface area contributed by atoms with Crippen molar-refractivity contribution in [2.24, 2.45) is 0 Å². The fourth-order valence-corrected chi connectivity index (χ4v) is 10.3. The summed E-state index contributed by atoms with van der Waals surface area (Å²) >= 11 is 0. The molecule has 0 aliphatic heterocycles. The minimum absolute atomic E-state index is 0.0330. The summed E-state index contributed by atoms with van der Waals surface area (Å²) in [5, 5.41) is 26.3. The van der Waals surface area contributed by atoms with Crippen LogP contribution < -0.4 is 57.3 Å². The smallest absolute Gasteiger partial charge is 0.253 e. The fraction of sp³-hybridized carbons (Fsp3) is 0.437. The van der Waals surface area contributed by atoms with E-state index in [4.69, 9.17) is 9.47 Å². The van der Waals surface area contributed by atoms with Gasteiger partial charge in [0.15, 0.2) is 0 Å². The topological polar surface area (TPSA) is 262 Å². The number of aryl methyl sites for hydroxylation is 1. The molecule has 0 aliphatic carbocycles. The highest BCUT2D eigenvalue weighted by atomic mass is 19.1. The molecule has 0 aliphatic rings. The van der Waals surface area contributed by atoms with Gasteiger partial charge in [0.25, 0.3) is 41.4 Å². The number of hydrogen-bond acceptors (Lipinski definition) is 16. The summed E-state index contributed by atoms with van der Waals surface area (Å²) in [4.78, 5) is 90.7. The second kappa shape index (κ2) is 47.1. The van der Waals surface area contributed by atoms with Crippen LogP contribution in [-0.2, 0) is 16.2 Å². The van der Waals surface area contributed by atoms with Crippen LogP contribution in [0.5, 0.6) is 11.5 Å². The van der Waals surface area contributed by atoms with Crippen LogP contribution in [0.3, 0.4) is 0 Å². The average Bonchev–Trinajstić information content (AvgIpc) is 0.813. The molecule has 24 heteroatoms. The van der Waals surface area contributed by atoms with Crippen molar-refractivity contribution in [1.82, 2.24) is 35.1 Å². The lowest BCUT2D eigenvalue weighted by Gasteiger charge is -2.23. The maximum Gasteiger partial charge on any atom is 0.253 e. The van der Waals surface area contributed by atoms with Crippen LogP contribution in [0.4, 0.5) is 44.2 Å². The molecular weight excluding hydrogens is 1400 g/mol. The molecule has 111 heavy (non-hydrogen) atoms. The van der Waals surface area contributed by atoms with Crippen LogP contribution in [0.1, 0.15) is 184 Å². The predicted molar refractivity (Wildman–Crippen MR) is 461 cm³/mol. The van der Waals surface area contributed by atoms with Crippen LogP contribution in [0, 0.1) is 12.7 Å². The number of carbonyl (C=O) groups is 7. The van der Waals surface area contributed by atoms with Gasteiger partial charge in [-0.3, -0.25) is 33.6 Å². The molecule has 7 rings (SSSR count). The van der Waals surface area contributed by atoms with E-state index in [9.17, 15) is 38.0 Å². The monoisotopic (exact) mass is 1540 g/mol. The summed E-state index contributed by atoms with van der Waals surface area (Å²) in [7, 11) is 33.1.